The number of thiophene rings is 1. The van der Waals surface area contributed by atoms with Crippen LogP contribution < -0.4 is 10.0 Å². The number of rotatable bonds is 8. The van der Waals surface area contributed by atoms with Crippen molar-refractivity contribution in [2.45, 2.75) is 30.7 Å². The number of carboxylic acids is 1. The van der Waals surface area contributed by atoms with E-state index in [-0.39, 0.29) is 17.0 Å². The fourth-order valence-corrected chi connectivity index (χ4v) is 3.78. The van der Waals surface area contributed by atoms with Gasteiger partial charge in [0.05, 0.1) is 4.90 Å². The third kappa shape index (κ3) is 5.13. The van der Waals surface area contributed by atoms with Gasteiger partial charge in [-0.1, -0.05) is 6.07 Å². The van der Waals surface area contributed by atoms with Crippen LogP contribution in [0.2, 0.25) is 0 Å². The molecule has 9 heteroatoms. The molecule has 1 aromatic heterocycles. The first kappa shape index (κ1) is 20.1. The van der Waals surface area contributed by atoms with Crippen molar-refractivity contribution in [2.24, 2.45) is 0 Å². The van der Waals surface area contributed by atoms with Gasteiger partial charge in [-0.05, 0) is 56.0 Å². The number of nitrogens with one attached hydrogen (secondary N) is 2. The normalized spacial score (nSPS) is 11.9. The van der Waals surface area contributed by atoms with Gasteiger partial charge < -0.3 is 10.4 Å². The van der Waals surface area contributed by atoms with Crippen molar-refractivity contribution in [1.82, 2.24) is 10.0 Å². The number of benzene rings is 1. The number of carbonyl (C=O) groups excluding carboxylic acids is 1. The van der Waals surface area contributed by atoms with E-state index in [4.69, 9.17) is 5.11 Å². The summed E-state index contributed by atoms with van der Waals surface area (Å²) in [6.45, 7) is 3.00. The van der Waals surface area contributed by atoms with Crippen LogP contribution in [0, 0.1) is 0 Å². The Bertz CT molecular complexity index is 872. The third-order valence-corrected chi connectivity index (χ3v) is 6.04. The van der Waals surface area contributed by atoms with Gasteiger partial charge in [-0.2, -0.15) is 0 Å². The smallest absolute Gasteiger partial charge is 0.328 e. The van der Waals surface area contributed by atoms with Crippen LogP contribution in [0.1, 0.15) is 29.1 Å². The zero-order chi connectivity index (χ0) is 19.4. The van der Waals surface area contributed by atoms with E-state index in [1.165, 1.54) is 38.1 Å². The number of carboxylic acid groups (broad SMARTS) is 1. The van der Waals surface area contributed by atoms with E-state index < -0.39 is 27.4 Å². The van der Waals surface area contributed by atoms with Crippen LogP contribution in [0.3, 0.4) is 0 Å². The predicted molar refractivity (Wildman–Crippen MR) is 98.8 cm³/mol. The lowest BCUT2D eigenvalue weighted by atomic mass is 10.1. The topological polar surface area (TPSA) is 113 Å². The maximum atomic E-state index is 12.3. The predicted octanol–water partition coefficient (Wildman–Crippen LogP) is 1.86. The molecule has 0 bridgehead atoms. The summed E-state index contributed by atoms with van der Waals surface area (Å²) in [6, 6.07) is 9.17. The third-order valence-electron chi connectivity index (χ3n) is 3.63. The minimum absolute atomic E-state index is 0.0396. The summed E-state index contributed by atoms with van der Waals surface area (Å²) in [4.78, 5) is 24.3. The van der Waals surface area contributed by atoms with Gasteiger partial charge in [0.15, 0.2) is 0 Å². The van der Waals surface area contributed by atoms with E-state index in [9.17, 15) is 18.0 Å². The van der Waals surface area contributed by atoms with Gasteiger partial charge in [0, 0.05) is 17.0 Å². The molecule has 0 saturated heterocycles. The summed E-state index contributed by atoms with van der Waals surface area (Å²) in [5, 5.41) is 13.3. The highest BCUT2D eigenvalue weighted by Crippen LogP contribution is 2.13. The molecule has 26 heavy (non-hydrogen) atoms. The van der Waals surface area contributed by atoms with Crippen molar-refractivity contribution >= 4 is 33.2 Å². The van der Waals surface area contributed by atoms with E-state index in [0.29, 0.717) is 6.42 Å². The van der Waals surface area contributed by atoms with Gasteiger partial charge in [0.25, 0.3) is 5.91 Å². The van der Waals surface area contributed by atoms with Crippen molar-refractivity contribution in [3.05, 3.63) is 52.2 Å². The number of amides is 1. The van der Waals surface area contributed by atoms with Crippen LogP contribution >= 0.6 is 11.3 Å². The highest BCUT2D eigenvalue weighted by molar-refractivity contribution is 7.89. The molecule has 2 rings (SSSR count). The van der Waals surface area contributed by atoms with Gasteiger partial charge >= 0.3 is 5.97 Å². The van der Waals surface area contributed by atoms with Gasteiger partial charge in [0.2, 0.25) is 10.0 Å². The lowest BCUT2D eigenvalue weighted by molar-refractivity contribution is -0.143. The Hall–Kier alpha value is -2.23. The monoisotopic (exact) mass is 396 g/mol. The summed E-state index contributed by atoms with van der Waals surface area (Å²) < 4.78 is 27.1. The fraction of sp³-hybridized carbons (Fsp3) is 0.294. The first-order valence-electron chi connectivity index (χ1n) is 7.80. The van der Waals surface area contributed by atoms with Crippen molar-refractivity contribution in [2.75, 3.05) is 6.54 Å². The molecular weight excluding hydrogens is 376 g/mol. The van der Waals surface area contributed by atoms with E-state index in [2.05, 4.69) is 10.0 Å². The number of carbonyl (C=O) groups is 2. The number of sulfonamides is 1. The highest BCUT2D eigenvalue weighted by atomic mass is 32.2. The zero-order valence-electron chi connectivity index (χ0n) is 14.4. The fourth-order valence-electron chi connectivity index (χ4n) is 2.04. The van der Waals surface area contributed by atoms with Crippen LogP contribution in [0.5, 0.6) is 0 Å². The molecule has 3 N–H and O–H groups in total. The van der Waals surface area contributed by atoms with E-state index >= 15 is 0 Å². The molecule has 0 spiro atoms. The molecule has 0 fully saturated rings. The van der Waals surface area contributed by atoms with Crippen LogP contribution in [0.4, 0.5) is 0 Å². The summed E-state index contributed by atoms with van der Waals surface area (Å²) in [5.74, 6) is -1.76. The van der Waals surface area contributed by atoms with Crippen LogP contribution in [-0.4, -0.2) is 37.5 Å². The van der Waals surface area contributed by atoms with Crippen LogP contribution in [-0.2, 0) is 21.2 Å². The van der Waals surface area contributed by atoms with Gasteiger partial charge in [-0.15, -0.1) is 11.3 Å². The second-order valence-corrected chi connectivity index (χ2v) is 8.93. The number of aliphatic carboxylic acids is 1. The minimum atomic E-state index is -3.68. The average molecular weight is 396 g/mol. The Kier molecular flexibility index (Phi) is 6.17. The Morgan fingerprint density at radius 1 is 1.15 bits per heavy atom. The molecule has 1 amide bonds. The van der Waals surface area contributed by atoms with E-state index in [1.54, 1.807) is 11.3 Å². The molecule has 2 aromatic rings. The van der Waals surface area contributed by atoms with Gasteiger partial charge in [-0.25, -0.2) is 17.9 Å². The molecule has 0 aliphatic rings. The minimum Gasteiger partial charge on any atom is -0.480 e. The molecule has 1 aromatic carbocycles. The maximum absolute atomic E-state index is 12.3. The van der Waals surface area contributed by atoms with Gasteiger partial charge in [-0.3, -0.25) is 4.79 Å². The summed E-state index contributed by atoms with van der Waals surface area (Å²) in [5.41, 5.74) is -1.25. The number of hydrogen-bond acceptors (Lipinski definition) is 5. The van der Waals surface area contributed by atoms with Crippen LogP contribution in [0.15, 0.2) is 46.7 Å². The summed E-state index contributed by atoms with van der Waals surface area (Å²) >= 11 is 1.56. The molecule has 1 heterocycles. The second-order valence-electron chi connectivity index (χ2n) is 6.14. The standard InChI is InChI=1S/C17H20N2O5S2/c1-17(2,16(21)22)19-15(20)12-5-7-14(8-6-12)26(23,24)18-10-9-13-4-3-11-25-13/h3-8,11,18H,9-10H2,1-2H3,(H,19,20)(H,21,22). The quantitative estimate of drug-likeness (QED) is 0.630. The summed E-state index contributed by atoms with van der Waals surface area (Å²) in [7, 11) is -3.68. The Morgan fingerprint density at radius 3 is 2.35 bits per heavy atom. The Balaban J connectivity index is 2.01. The van der Waals surface area contributed by atoms with E-state index in [1.807, 2.05) is 17.5 Å². The van der Waals surface area contributed by atoms with Crippen molar-refractivity contribution in [3.63, 3.8) is 0 Å². The molecule has 0 aliphatic heterocycles. The lowest BCUT2D eigenvalue weighted by Crippen LogP contribution is -2.49. The maximum Gasteiger partial charge on any atom is 0.328 e. The molecule has 140 valence electrons. The first-order chi connectivity index (χ1) is 12.1. The highest BCUT2D eigenvalue weighted by Gasteiger charge is 2.29. The lowest BCUT2D eigenvalue weighted by Gasteiger charge is -2.21. The molecular formula is C17H20N2O5S2. The SMILES string of the molecule is CC(C)(NC(=O)c1ccc(S(=O)(=O)NCCc2cccs2)cc1)C(=O)O. The molecule has 0 aliphatic carbocycles. The number of hydrogen-bond donors (Lipinski definition) is 3. The van der Waals surface area contributed by atoms with Crippen LogP contribution in [0.25, 0.3) is 0 Å². The summed E-state index contributed by atoms with van der Waals surface area (Å²) in [6.07, 6.45) is 0.599. The van der Waals surface area contributed by atoms with Crippen molar-refractivity contribution < 1.29 is 23.1 Å². The van der Waals surface area contributed by atoms with Gasteiger partial charge in [0.1, 0.15) is 5.54 Å². The molecule has 0 unspecified atom stereocenters. The molecule has 7 nitrogen and oxygen atoms in total. The van der Waals surface area contributed by atoms with Crippen molar-refractivity contribution in [1.29, 1.82) is 0 Å². The van der Waals surface area contributed by atoms with E-state index in [0.717, 1.165) is 4.88 Å². The second kappa shape index (κ2) is 7.98. The molecule has 0 radical (unpaired) electrons. The Labute approximate surface area is 156 Å². The average Bonchev–Trinajstić information content (AvgIpc) is 3.07. The first-order valence-corrected chi connectivity index (χ1v) is 10.2. The molecule has 0 saturated carbocycles. The van der Waals surface area contributed by atoms with Crippen molar-refractivity contribution in [3.8, 4) is 0 Å². The largest absolute Gasteiger partial charge is 0.480 e. The Morgan fingerprint density at radius 2 is 1.81 bits per heavy atom. The zero-order valence-corrected chi connectivity index (χ0v) is 16.0. The molecule has 0 atom stereocenters.